The number of aromatic nitrogens is 1. The number of hydrogen-bond acceptors (Lipinski definition) is 5. The summed E-state index contributed by atoms with van der Waals surface area (Å²) in [7, 11) is 0. The summed E-state index contributed by atoms with van der Waals surface area (Å²) in [4.78, 5) is 20.5. The topological polar surface area (TPSA) is 89.6 Å². The molecule has 142 valence electrons. The van der Waals surface area contributed by atoms with Gasteiger partial charge in [0.15, 0.2) is 0 Å². The molecular weight excluding hydrogens is 354 g/mol. The van der Waals surface area contributed by atoms with E-state index in [1.807, 2.05) is 6.92 Å². The summed E-state index contributed by atoms with van der Waals surface area (Å²) in [6.45, 7) is 2.50. The predicted molar refractivity (Wildman–Crippen MR) is 97.6 cm³/mol. The zero-order valence-electron chi connectivity index (χ0n) is 14.8. The number of halogens is 2. The largest absolute Gasteiger partial charge is 0.386 e. The number of carbonyl (C=O) groups excluding carboxylic acids is 1. The van der Waals surface area contributed by atoms with E-state index in [4.69, 9.17) is 10.5 Å². The first-order valence-electron chi connectivity index (χ1n) is 8.58. The average Bonchev–Trinajstić information content (AvgIpc) is 2.85. The van der Waals surface area contributed by atoms with Crippen LogP contribution in [0.4, 0.5) is 14.5 Å². The van der Waals surface area contributed by atoms with Crippen molar-refractivity contribution in [3.8, 4) is 0 Å². The molecule has 3 N–H and O–H groups in total. The predicted octanol–water partition coefficient (Wildman–Crippen LogP) is 2.99. The van der Waals surface area contributed by atoms with Gasteiger partial charge < -0.3 is 15.8 Å². The fourth-order valence-corrected chi connectivity index (χ4v) is 3.09. The molecule has 0 bridgehead atoms. The van der Waals surface area contributed by atoms with Gasteiger partial charge in [0, 0.05) is 24.3 Å². The highest BCUT2D eigenvalue weighted by Crippen LogP contribution is 2.37. The van der Waals surface area contributed by atoms with Crippen LogP contribution in [0, 0.1) is 11.6 Å². The number of rotatable bonds is 4. The standard InChI is InChI=1S/C19H20F2N4O2/c1-2-19(7-8-27-11-17(22)25-19)14-9-13(4-5-15(14)21)24-18(26)16-6-3-12(20)10-23-16/h3-6,9-10H,2,7-8,11H2,1H3,(H2,22,25)(H,24,26)/t19-/m0/s1. The molecule has 1 aromatic carbocycles. The van der Waals surface area contributed by atoms with E-state index in [0.717, 1.165) is 12.3 Å². The van der Waals surface area contributed by atoms with Crippen LogP contribution >= 0.6 is 0 Å². The number of nitrogens with zero attached hydrogens (tertiary/aromatic N) is 2. The molecule has 0 spiro atoms. The number of hydrogen-bond donors (Lipinski definition) is 2. The number of amidine groups is 1. The first-order chi connectivity index (χ1) is 12.9. The molecule has 27 heavy (non-hydrogen) atoms. The van der Waals surface area contributed by atoms with Crippen molar-refractivity contribution in [1.29, 1.82) is 0 Å². The Kier molecular flexibility index (Phi) is 5.46. The quantitative estimate of drug-likeness (QED) is 0.861. The molecule has 0 aliphatic carbocycles. The molecule has 1 atom stereocenters. The van der Waals surface area contributed by atoms with E-state index in [9.17, 15) is 13.6 Å². The van der Waals surface area contributed by atoms with Crippen LogP contribution in [0.15, 0.2) is 41.5 Å². The monoisotopic (exact) mass is 374 g/mol. The number of aliphatic imine (C=N–C) groups is 1. The molecule has 0 saturated carbocycles. The molecule has 0 fully saturated rings. The summed E-state index contributed by atoms with van der Waals surface area (Å²) in [6, 6.07) is 6.69. The molecule has 1 aromatic heterocycles. The van der Waals surface area contributed by atoms with Gasteiger partial charge in [-0.3, -0.25) is 9.79 Å². The van der Waals surface area contributed by atoms with Crippen LogP contribution in [-0.2, 0) is 10.3 Å². The fraction of sp³-hybridized carbons (Fsp3) is 0.316. The van der Waals surface area contributed by atoms with Crippen LogP contribution in [0.2, 0.25) is 0 Å². The van der Waals surface area contributed by atoms with Crippen molar-refractivity contribution in [2.45, 2.75) is 25.3 Å². The first kappa shape index (κ1) is 18.9. The van der Waals surface area contributed by atoms with Gasteiger partial charge in [-0.25, -0.2) is 13.8 Å². The Bertz CT molecular complexity index is 871. The van der Waals surface area contributed by atoms with Crippen LogP contribution in [-0.4, -0.2) is 29.9 Å². The highest BCUT2D eigenvalue weighted by molar-refractivity contribution is 6.02. The van der Waals surface area contributed by atoms with Crippen molar-refractivity contribution in [3.63, 3.8) is 0 Å². The zero-order chi connectivity index (χ0) is 19.4. The number of amides is 1. The summed E-state index contributed by atoms with van der Waals surface area (Å²) in [5, 5.41) is 2.65. The summed E-state index contributed by atoms with van der Waals surface area (Å²) < 4.78 is 33.0. The lowest BCUT2D eigenvalue weighted by Gasteiger charge is -2.29. The summed E-state index contributed by atoms with van der Waals surface area (Å²) >= 11 is 0. The maximum Gasteiger partial charge on any atom is 0.274 e. The van der Waals surface area contributed by atoms with E-state index < -0.39 is 23.1 Å². The number of ether oxygens (including phenoxy) is 1. The molecule has 2 heterocycles. The van der Waals surface area contributed by atoms with E-state index in [2.05, 4.69) is 15.3 Å². The lowest BCUT2D eigenvalue weighted by atomic mass is 9.84. The van der Waals surface area contributed by atoms with Gasteiger partial charge in [-0.15, -0.1) is 0 Å². The Balaban J connectivity index is 1.93. The molecule has 1 aliphatic heterocycles. The van der Waals surface area contributed by atoms with Crippen LogP contribution < -0.4 is 11.1 Å². The van der Waals surface area contributed by atoms with Gasteiger partial charge in [0.2, 0.25) is 0 Å². The van der Waals surface area contributed by atoms with Crippen molar-refractivity contribution in [1.82, 2.24) is 4.98 Å². The van der Waals surface area contributed by atoms with Gasteiger partial charge in [0.1, 0.15) is 29.8 Å². The average molecular weight is 374 g/mol. The third kappa shape index (κ3) is 4.11. The second kappa shape index (κ2) is 7.79. The van der Waals surface area contributed by atoms with Crippen molar-refractivity contribution < 1.29 is 18.3 Å². The number of nitrogens with one attached hydrogen (secondary N) is 1. The number of pyridine rings is 1. The van der Waals surface area contributed by atoms with Gasteiger partial charge in [-0.1, -0.05) is 6.92 Å². The molecule has 6 nitrogen and oxygen atoms in total. The molecule has 1 amide bonds. The first-order valence-corrected chi connectivity index (χ1v) is 8.58. The molecule has 8 heteroatoms. The Morgan fingerprint density at radius 2 is 2.15 bits per heavy atom. The fourth-order valence-electron chi connectivity index (χ4n) is 3.09. The highest BCUT2D eigenvalue weighted by Gasteiger charge is 2.34. The van der Waals surface area contributed by atoms with E-state index in [0.29, 0.717) is 36.5 Å². The molecule has 0 unspecified atom stereocenters. The minimum atomic E-state index is -0.862. The maximum atomic E-state index is 14.6. The van der Waals surface area contributed by atoms with Crippen LogP contribution in [0.25, 0.3) is 0 Å². The number of benzene rings is 1. The van der Waals surface area contributed by atoms with Crippen molar-refractivity contribution >= 4 is 17.4 Å². The maximum absolute atomic E-state index is 14.6. The summed E-state index contributed by atoms with van der Waals surface area (Å²) in [6.07, 6.45) is 1.95. The SMILES string of the molecule is CC[C@@]1(c2cc(NC(=O)c3ccc(F)cn3)ccc2F)CCOCC(N)=N1. The van der Waals surface area contributed by atoms with Gasteiger partial charge in [0.25, 0.3) is 5.91 Å². The van der Waals surface area contributed by atoms with E-state index in [-0.39, 0.29) is 12.3 Å². The summed E-state index contributed by atoms with van der Waals surface area (Å²) in [5.41, 5.74) is 5.79. The van der Waals surface area contributed by atoms with E-state index >= 15 is 0 Å². The Morgan fingerprint density at radius 3 is 2.85 bits per heavy atom. The minimum absolute atomic E-state index is 0.0533. The minimum Gasteiger partial charge on any atom is -0.386 e. The normalized spacial score (nSPS) is 19.9. The van der Waals surface area contributed by atoms with E-state index in [1.54, 1.807) is 6.07 Å². The molecular formula is C19H20F2N4O2. The Hall–Kier alpha value is -2.87. The van der Waals surface area contributed by atoms with Gasteiger partial charge in [0.05, 0.1) is 11.7 Å². The molecule has 0 radical (unpaired) electrons. The summed E-state index contributed by atoms with van der Waals surface area (Å²) in [5.74, 6) is -1.19. The highest BCUT2D eigenvalue weighted by atomic mass is 19.1. The van der Waals surface area contributed by atoms with Crippen LogP contribution in [0.1, 0.15) is 35.8 Å². The lowest BCUT2D eigenvalue weighted by Crippen LogP contribution is -2.28. The van der Waals surface area contributed by atoms with Crippen LogP contribution in [0.3, 0.4) is 0 Å². The van der Waals surface area contributed by atoms with Crippen molar-refractivity contribution in [3.05, 3.63) is 59.4 Å². The molecule has 3 rings (SSSR count). The number of nitrogens with two attached hydrogens (primary N) is 1. The third-order valence-electron chi connectivity index (χ3n) is 4.54. The Labute approximate surface area is 155 Å². The van der Waals surface area contributed by atoms with Crippen molar-refractivity contribution in [2.24, 2.45) is 10.7 Å². The van der Waals surface area contributed by atoms with Crippen molar-refractivity contribution in [2.75, 3.05) is 18.5 Å². The molecule has 1 aliphatic rings. The van der Waals surface area contributed by atoms with Gasteiger partial charge in [-0.05, 0) is 36.8 Å². The molecule has 2 aromatic rings. The van der Waals surface area contributed by atoms with E-state index in [1.165, 1.54) is 18.2 Å². The zero-order valence-corrected chi connectivity index (χ0v) is 14.8. The lowest BCUT2D eigenvalue weighted by molar-refractivity contribution is 0.102. The Morgan fingerprint density at radius 1 is 1.33 bits per heavy atom. The van der Waals surface area contributed by atoms with Gasteiger partial charge >= 0.3 is 0 Å². The second-order valence-electron chi connectivity index (χ2n) is 6.30. The smallest absolute Gasteiger partial charge is 0.274 e. The third-order valence-corrected chi connectivity index (χ3v) is 4.54. The number of carbonyl (C=O) groups is 1. The number of anilines is 1. The van der Waals surface area contributed by atoms with Gasteiger partial charge in [-0.2, -0.15) is 0 Å². The van der Waals surface area contributed by atoms with Crippen LogP contribution in [0.5, 0.6) is 0 Å². The molecule has 0 saturated heterocycles. The second-order valence-corrected chi connectivity index (χ2v) is 6.30.